The maximum atomic E-state index is 15.2. The molecule has 0 bridgehead atoms. The third-order valence-corrected chi connectivity index (χ3v) is 6.16. The molecular weight excluding hydrogens is 435 g/mol. The molecule has 1 aliphatic carbocycles. The number of benzene rings is 2. The SMILES string of the molecule is C[C@H](O)[C@H]1O[C@](O)(c2cc(CO)cc(F)c2Cc2ccc(OC3CC3)cc2)[C@H](O)[C@@H](O)[C@@H]1O. The van der Waals surface area contributed by atoms with E-state index in [0.29, 0.717) is 11.3 Å². The van der Waals surface area contributed by atoms with Crippen molar-refractivity contribution in [2.45, 2.75) is 75.2 Å². The van der Waals surface area contributed by atoms with Crippen molar-refractivity contribution >= 4 is 0 Å². The molecule has 4 rings (SSSR count). The monoisotopic (exact) mass is 464 g/mol. The van der Waals surface area contributed by atoms with Gasteiger partial charge in [-0.25, -0.2) is 4.39 Å². The van der Waals surface area contributed by atoms with E-state index < -0.39 is 48.7 Å². The van der Waals surface area contributed by atoms with E-state index in [9.17, 15) is 30.6 Å². The van der Waals surface area contributed by atoms with Crippen LogP contribution in [0.3, 0.4) is 0 Å². The molecule has 180 valence electrons. The highest BCUT2D eigenvalue weighted by Gasteiger charge is 2.55. The lowest BCUT2D eigenvalue weighted by Crippen LogP contribution is -2.65. The molecule has 2 aliphatic rings. The van der Waals surface area contributed by atoms with Gasteiger partial charge in [-0.2, -0.15) is 0 Å². The third-order valence-electron chi connectivity index (χ3n) is 6.16. The van der Waals surface area contributed by atoms with Gasteiger partial charge in [0, 0.05) is 17.5 Å². The van der Waals surface area contributed by atoms with Gasteiger partial charge in [0.25, 0.3) is 0 Å². The molecule has 0 spiro atoms. The van der Waals surface area contributed by atoms with E-state index in [1.165, 1.54) is 13.0 Å². The van der Waals surface area contributed by atoms with Crippen LogP contribution in [0.15, 0.2) is 36.4 Å². The molecule has 1 saturated carbocycles. The topological polar surface area (TPSA) is 140 Å². The summed E-state index contributed by atoms with van der Waals surface area (Å²) >= 11 is 0. The Labute approximate surface area is 190 Å². The van der Waals surface area contributed by atoms with E-state index in [1.54, 1.807) is 24.3 Å². The van der Waals surface area contributed by atoms with Crippen molar-refractivity contribution < 1.29 is 44.5 Å². The Kier molecular flexibility index (Phi) is 6.75. The lowest BCUT2D eigenvalue weighted by Gasteiger charge is -2.47. The first kappa shape index (κ1) is 24.0. The van der Waals surface area contributed by atoms with Crippen molar-refractivity contribution in [2.24, 2.45) is 0 Å². The molecule has 0 aromatic heterocycles. The van der Waals surface area contributed by atoms with E-state index in [0.717, 1.165) is 18.9 Å². The van der Waals surface area contributed by atoms with Gasteiger partial charge in [-0.1, -0.05) is 12.1 Å². The van der Waals surface area contributed by atoms with Crippen LogP contribution in [0.1, 0.15) is 42.0 Å². The summed E-state index contributed by atoms with van der Waals surface area (Å²) in [6.07, 6.45) is -6.14. The fourth-order valence-corrected chi connectivity index (χ4v) is 4.12. The second-order valence-corrected chi connectivity index (χ2v) is 8.85. The van der Waals surface area contributed by atoms with E-state index in [2.05, 4.69) is 0 Å². The summed E-state index contributed by atoms with van der Waals surface area (Å²) in [5.41, 5.74) is 0.543. The molecule has 1 aliphatic heterocycles. The zero-order valence-corrected chi connectivity index (χ0v) is 18.1. The Morgan fingerprint density at radius 3 is 2.33 bits per heavy atom. The van der Waals surface area contributed by atoms with Crippen molar-refractivity contribution in [3.63, 3.8) is 0 Å². The first-order valence-electron chi connectivity index (χ1n) is 10.9. The Balaban J connectivity index is 1.73. The minimum atomic E-state index is -2.66. The van der Waals surface area contributed by atoms with Crippen LogP contribution in [-0.2, 0) is 23.6 Å². The zero-order chi connectivity index (χ0) is 23.9. The van der Waals surface area contributed by atoms with Crippen LogP contribution >= 0.6 is 0 Å². The van der Waals surface area contributed by atoms with E-state index in [-0.39, 0.29) is 29.2 Å². The summed E-state index contributed by atoms with van der Waals surface area (Å²) < 4.78 is 26.4. The van der Waals surface area contributed by atoms with Gasteiger partial charge in [0.2, 0.25) is 5.79 Å². The Bertz CT molecular complexity index is 977. The normalized spacial score (nSPS) is 30.8. The van der Waals surface area contributed by atoms with Crippen LogP contribution in [0.2, 0.25) is 0 Å². The number of hydrogen-bond donors (Lipinski definition) is 6. The number of ether oxygens (including phenoxy) is 2. The summed E-state index contributed by atoms with van der Waals surface area (Å²) in [5, 5.41) is 62.0. The predicted octanol–water partition coefficient (Wildman–Crippen LogP) is 0.457. The second-order valence-electron chi connectivity index (χ2n) is 8.85. The summed E-state index contributed by atoms with van der Waals surface area (Å²) in [5.74, 6) is -2.72. The van der Waals surface area contributed by atoms with Crippen molar-refractivity contribution in [2.75, 3.05) is 0 Å². The quantitative estimate of drug-likeness (QED) is 0.347. The van der Waals surface area contributed by atoms with Gasteiger partial charge < -0.3 is 40.1 Å². The van der Waals surface area contributed by atoms with E-state index in [4.69, 9.17) is 9.47 Å². The number of aliphatic hydroxyl groups excluding tert-OH is 5. The van der Waals surface area contributed by atoms with Crippen molar-refractivity contribution in [1.29, 1.82) is 0 Å². The first-order chi connectivity index (χ1) is 15.6. The molecule has 6 N–H and O–H groups in total. The van der Waals surface area contributed by atoms with Crippen LogP contribution in [-0.4, -0.2) is 67.3 Å². The standard InChI is InChI=1S/C24H29FO8/c1-12(27)22-20(28)21(29)23(30)24(31,33-22)18-9-14(11-26)10-19(25)17(18)8-13-2-4-15(5-3-13)32-16-6-7-16/h2-5,9-10,12,16,20-23,26-31H,6-8,11H2,1H3/t12-,20-,21-,22+,23+,24+/m0/s1. The molecular formula is C24H29FO8. The maximum Gasteiger partial charge on any atom is 0.222 e. The van der Waals surface area contributed by atoms with Gasteiger partial charge in [-0.15, -0.1) is 0 Å². The first-order valence-corrected chi connectivity index (χ1v) is 10.9. The fraction of sp³-hybridized carbons (Fsp3) is 0.500. The molecule has 8 nitrogen and oxygen atoms in total. The minimum Gasteiger partial charge on any atom is -0.490 e. The Morgan fingerprint density at radius 1 is 1.09 bits per heavy atom. The van der Waals surface area contributed by atoms with Gasteiger partial charge in [0.1, 0.15) is 36.0 Å². The number of halogens is 1. The van der Waals surface area contributed by atoms with Crippen LogP contribution < -0.4 is 4.74 Å². The second kappa shape index (κ2) is 9.27. The molecule has 0 radical (unpaired) electrons. The molecule has 1 heterocycles. The number of aliphatic hydroxyl groups is 6. The fourth-order valence-electron chi connectivity index (χ4n) is 4.12. The maximum absolute atomic E-state index is 15.2. The molecule has 0 amide bonds. The zero-order valence-electron chi connectivity index (χ0n) is 18.1. The smallest absolute Gasteiger partial charge is 0.222 e. The van der Waals surface area contributed by atoms with Gasteiger partial charge in [0.15, 0.2) is 0 Å². The lowest BCUT2D eigenvalue weighted by atomic mass is 9.83. The molecule has 2 aromatic carbocycles. The van der Waals surface area contributed by atoms with Gasteiger partial charge in [0.05, 0.1) is 18.8 Å². The molecule has 33 heavy (non-hydrogen) atoms. The predicted molar refractivity (Wildman–Crippen MR) is 114 cm³/mol. The highest BCUT2D eigenvalue weighted by Crippen LogP contribution is 2.40. The summed E-state index contributed by atoms with van der Waals surface area (Å²) in [4.78, 5) is 0. The highest BCUT2D eigenvalue weighted by atomic mass is 19.1. The van der Waals surface area contributed by atoms with Gasteiger partial charge in [-0.3, -0.25) is 0 Å². The molecule has 6 atom stereocenters. The van der Waals surface area contributed by atoms with Gasteiger partial charge >= 0.3 is 0 Å². The van der Waals surface area contributed by atoms with Crippen LogP contribution in [0.5, 0.6) is 5.75 Å². The number of hydrogen-bond acceptors (Lipinski definition) is 8. The third kappa shape index (κ3) is 4.76. The molecule has 1 saturated heterocycles. The average molecular weight is 464 g/mol. The van der Waals surface area contributed by atoms with Crippen molar-refractivity contribution in [1.82, 2.24) is 0 Å². The minimum absolute atomic E-state index is 0.00698. The summed E-state index contributed by atoms with van der Waals surface area (Å²) in [6, 6.07) is 9.41. The van der Waals surface area contributed by atoms with Gasteiger partial charge in [-0.05, 0) is 55.2 Å². The lowest BCUT2D eigenvalue weighted by molar-refractivity contribution is -0.364. The van der Waals surface area contributed by atoms with Crippen LogP contribution in [0.4, 0.5) is 4.39 Å². The molecule has 9 heteroatoms. The van der Waals surface area contributed by atoms with E-state index in [1.807, 2.05) is 0 Å². The van der Waals surface area contributed by atoms with Crippen molar-refractivity contribution in [3.8, 4) is 5.75 Å². The Hall–Kier alpha value is -2.11. The molecule has 2 fully saturated rings. The largest absolute Gasteiger partial charge is 0.490 e. The van der Waals surface area contributed by atoms with E-state index >= 15 is 4.39 Å². The van der Waals surface area contributed by atoms with Crippen LogP contribution in [0, 0.1) is 5.82 Å². The highest BCUT2D eigenvalue weighted by molar-refractivity contribution is 5.42. The number of rotatable bonds is 7. The summed E-state index contributed by atoms with van der Waals surface area (Å²) in [7, 11) is 0. The molecule has 0 unspecified atom stereocenters. The van der Waals surface area contributed by atoms with Crippen molar-refractivity contribution in [3.05, 3.63) is 64.5 Å². The summed E-state index contributed by atoms with van der Waals surface area (Å²) in [6.45, 7) is 0.740. The average Bonchev–Trinajstić information content (AvgIpc) is 3.61. The Morgan fingerprint density at radius 2 is 1.76 bits per heavy atom. The molecule has 2 aromatic rings. The van der Waals surface area contributed by atoms with Crippen LogP contribution in [0.25, 0.3) is 0 Å².